The lowest BCUT2D eigenvalue weighted by Gasteiger charge is -2.38. The summed E-state index contributed by atoms with van der Waals surface area (Å²) in [5.74, 6) is -0.0403. The minimum absolute atomic E-state index is 0.206. The summed E-state index contributed by atoms with van der Waals surface area (Å²) in [7, 11) is 0. The third kappa shape index (κ3) is 3.46. The Bertz CT molecular complexity index is 744. The first kappa shape index (κ1) is 16.6. The zero-order valence-electron chi connectivity index (χ0n) is 12.3. The van der Waals surface area contributed by atoms with E-state index in [-0.39, 0.29) is 17.6 Å². The average Bonchev–Trinajstić information content (AvgIpc) is 2.51. The average molecular weight is 357 g/mol. The fourth-order valence-corrected chi connectivity index (χ4v) is 2.44. The van der Waals surface area contributed by atoms with Gasteiger partial charge in [-0.05, 0) is 36.4 Å². The van der Waals surface area contributed by atoms with Crippen molar-refractivity contribution in [2.24, 2.45) is 0 Å². The van der Waals surface area contributed by atoms with E-state index in [1.807, 2.05) is 0 Å². The molecule has 4 nitrogen and oxygen atoms in total. The fraction of sp³-hybridized carbons (Fsp3) is 0.250. The van der Waals surface area contributed by atoms with E-state index in [4.69, 9.17) is 16.3 Å². The van der Waals surface area contributed by atoms with E-state index in [0.29, 0.717) is 24.0 Å². The molecule has 1 fully saturated rings. The van der Waals surface area contributed by atoms with Crippen molar-refractivity contribution in [2.45, 2.75) is 12.3 Å². The molecule has 1 saturated heterocycles. The molecule has 1 amide bonds. The number of carbonyl (C=O) groups is 1. The van der Waals surface area contributed by atoms with Gasteiger partial charge in [-0.15, -0.1) is 0 Å². The van der Waals surface area contributed by atoms with Gasteiger partial charge in [-0.2, -0.15) is 13.2 Å². The molecule has 2 aromatic rings. The number of benzene rings is 1. The zero-order chi connectivity index (χ0) is 17.3. The number of hydrogen-bond acceptors (Lipinski definition) is 3. The second kappa shape index (κ2) is 6.32. The van der Waals surface area contributed by atoms with E-state index in [1.165, 1.54) is 17.0 Å². The van der Waals surface area contributed by atoms with Crippen molar-refractivity contribution in [3.63, 3.8) is 0 Å². The van der Waals surface area contributed by atoms with Crippen molar-refractivity contribution in [2.75, 3.05) is 13.1 Å². The molecule has 1 aromatic heterocycles. The van der Waals surface area contributed by atoms with Crippen LogP contribution in [0.3, 0.4) is 0 Å². The van der Waals surface area contributed by atoms with Crippen LogP contribution in [0.4, 0.5) is 13.2 Å². The number of carbonyl (C=O) groups excluding carboxylic acids is 1. The third-order valence-corrected chi connectivity index (χ3v) is 3.89. The summed E-state index contributed by atoms with van der Waals surface area (Å²) in [6.45, 7) is 0.652. The van der Waals surface area contributed by atoms with E-state index < -0.39 is 11.7 Å². The van der Waals surface area contributed by atoms with Crippen LogP contribution in [-0.4, -0.2) is 35.0 Å². The summed E-state index contributed by atoms with van der Waals surface area (Å²) in [6, 6.07) is 7.47. The molecule has 0 spiro atoms. The van der Waals surface area contributed by atoms with Gasteiger partial charge in [0.15, 0.2) is 0 Å². The second-order valence-electron chi connectivity index (χ2n) is 5.32. The smallest absolute Gasteiger partial charge is 0.416 e. The predicted octanol–water partition coefficient (Wildman–Crippen LogP) is 3.66. The second-order valence-corrected chi connectivity index (χ2v) is 5.72. The molecular weight excluding hydrogens is 345 g/mol. The number of nitrogens with zero attached hydrogens (tertiary/aromatic N) is 2. The summed E-state index contributed by atoms with van der Waals surface area (Å²) in [6.07, 6.45) is -3.11. The van der Waals surface area contributed by atoms with Gasteiger partial charge in [-0.1, -0.05) is 11.6 Å². The summed E-state index contributed by atoms with van der Waals surface area (Å²) in [5.41, 5.74) is -0.578. The summed E-state index contributed by atoms with van der Waals surface area (Å²) < 4.78 is 43.1. The van der Waals surface area contributed by atoms with E-state index in [2.05, 4.69) is 4.98 Å². The Morgan fingerprint density at radius 1 is 1.21 bits per heavy atom. The minimum Gasteiger partial charge on any atom is -0.470 e. The van der Waals surface area contributed by atoms with Crippen LogP contribution < -0.4 is 4.74 Å². The molecule has 3 rings (SSSR count). The van der Waals surface area contributed by atoms with E-state index in [1.54, 1.807) is 18.3 Å². The SMILES string of the molecule is O=C(c1ccc(C(F)(F)F)cc1)N1CC(Oc2ncccc2Cl)C1. The first-order valence-electron chi connectivity index (χ1n) is 7.08. The van der Waals surface area contributed by atoms with E-state index >= 15 is 0 Å². The highest BCUT2D eigenvalue weighted by atomic mass is 35.5. The number of rotatable bonds is 3. The number of likely N-dealkylation sites (tertiary alicyclic amines) is 1. The van der Waals surface area contributed by atoms with Gasteiger partial charge in [0, 0.05) is 11.8 Å². The molecule has 0 radical (unpaired) electrons. The maximum absolute atomic E-state index is 12.5. The van der Waals surface area contributed by atoms with Crippen molar-refractivity contribution in [3.8, 4) is 5.88 Å². The summed E-state index contributed by atoms with van der Waals surface area (Å²) in [4.78, 5) is 17.7. The van der Waals surface area contributed by atoms with Crippen molar-refractivity contribution < 1.29 is 22.7 Å². The molecule has 1 aliphatic heterocycles. The minimum atomic E-state index is -4.42. The Hall–Kier alpha value is -2.28. The number of halogens is 4. The highest BCUT2D eigenvalue weighted by Gasteiger charge is 2.34. The normalized spacial score (nSPS) is 15.1. The van der Waals surface area contributed by atoms with Crippen LogP contribution in [0.1, 0.15) is 15.9 Å². The number of ether oxygens (including phenoxy) is 1. The molecule has 1 aliphatic rings. The highest BCUT2D eigenvalue weighted by molar-refractivity contribution is 6.31. The van der Waals surface area contributed by atoms with E-state index in [0.717, 1.165) is 12.1 Å². The first-order valence-corrected chi connectivity index (χ1v) is 7.46. The Morgan fingerprint density at radius 3 is 2.46 bits per heavy atom. The van der Waals surface area contributed by atoms with Crippen LogP contribution in [0.5, 0.6) is 5.88 Å². The predicted molar refractivity (Wildman–Crippen MR) is 81.0 cm³/mol. The Balaban J connectivity index is 1.58. The molecule has 126 valence electrons. The molecule has 0 unspecified atom stereocenters. The zero-order valence-corrected chi connectivity index (χ0v) is 13.0. The van der Waals surface area contributed by atoms with Crippen LogP contribution in [0.2, 0.25) is 5.02 Å². The summed E-state index contributed by atoms with van der Waals surface area (Å²) >= 11 is 5.94. The lowest BCUT2D eigenvalue weighted by Crippen LogP contribution is -2.56. The number of hydrogen-bond donors (Lipinski definition) is 0. The van der Waals surface area contributed by atoms with Gasteiger partial charge in [0.1, 0.15) is 11.1 Å². The quantitative estimate of drug-likeness (QED) is 0.843. The topological polar surface area (TPSA) is 42.4 Å². The van der Waals surface area contributed by atoms with Gasteiger partial charge in [0.2, 0.25) is 5.88 Å². The van der Waals surface area contributed by atoms with Crippen LogP contribution in [0, 0.1) is 0 Å². The van der Waals surface area contributed by atoms with Gasteiger partial charge in [-0.3, -0.25) is 4.79 Å². The molecule has 2 heterocycles. The van der Waals surface area contributed by atoms with Gasteiger partial charge in [0.05, 0.1) is 18.7 Å². The Morgan fingerprint density at radius 2 is 1.88 bits per heavy atom. The number of amides is 1. The molecule has 0 aliphatic carbocycles. The fourth-order valence-electron chi connectivity index (χ4n) is 2.28. The van der Waals surface area contributed by atoms with Crippen molar-refractivity contribution in [3.05, 3.63) is 58.7 Å². The standard InChI is InChI=1S/C16H12ClF3N2O2/c17-13-2-1-7-21-14(13)24-12-8-22(9-12)15(23)10-3-5-11(6-4-10)16(18,19)20/h1-7,12H,8-9H2. The molecule has 24 heavy (non-hydrogen) atoms. The van der Waals surface area contributed by atoms with Crippen LogP contribution >= 0.6 is 11.6 Å². The van der Waals surface area contributed by atoms with Crippen molar-refractivity contribution in [1.29, 1.82) is 0 Å². The Kier molecular flexibility index (Phi) is 4.36. The van der Waals surface area contributed by atoms with Crippen LogP contribution in [0.25, 0.3) is 0 Å². The van der Waals surface area contributed by atoms with Crippen molar-refractivity contribution >= 4 is 17.5 Å². The van der Waals surface area contributed by atoms with Gasteiger partial charge in [-0.25, -0.2) is 4.98 Å². The van der Waals surface area contributed by atoms with Gasteiger partial charge < -0.3 is 9.64 Å². The monoisotopic (exact) mass is 356 g/mol. The van der Waals surface area contributed by atoms with E-state index in [9.17, 15) is 18.0 Å². The lowest BCUT2D eigenvalue weighted by atomic mass is 10.1. The number of aromatic nitrogens is 1. The first-order chi connectivity index (χ1) is 11.3. The molecule has 0 bridgehead atoms. The molecular formula is C16H12ClF3N2O2. The van der Waals surface area contributed by atoms with Gasteiger partial charge >= 0.3 is 6.18 Å². The number of alkyl halides is 3. The maximum Gasteiger partial charge on any atom is 0.416 e. The number of pyridine rings is 1. The summed E-state index contributed by atoms with van der Waals surface area (Å²) in [5, 5.41) is 0.380. The van der Waals surface area contributed by atoms with Crippen molar-refractivity contribution in [1.82, 2.24) is 9.88 Å². The molecule has 0 saturated carbocycles. The molecule has 0 atom stereocenters. The highest BCUT2D eigenvalue weighted by Crippen LogP contribution is 2.29. The molecule has 0 N–H and O–H groups in total. The molecule has 1 aromatic carbocycles. The Labute approximate surface area is 140 Å². The van der Waals surface area contributed by atoms with Crippen LogP contribution in [0.15, 0.2) is 42.6 Å². The lowest BCUT2D eigenvalue weighted by molar-refractivity contribution is -0.137. The van der Waals surface area contributed by atoms with Crippen LogP contribution in [-0.2, 0) is 6.18 Å². The van der Waals surface area contributed by atoms with Gasteiger partial charge in [0.25, 0.3) is 5.91 Å². The maximum atomic E-state index is 12.5. The largest absolute Gasteiger partial charge is 0.470 e. The third-order valence-electron chi connectivity index (χ3n) is 3.60. The molecule has 8 heteroatoms.